The zero-order valence-corrected chi connectivity index (χ0v) is 16.4. The number of benzene rings is 2. The summed E-state index contributed by atoms with van der Waals surface area (Å²) in [4.78, 5) is 37.8. The lowest BCUT2D eigenvalue weighted by molar-refractivity contribution is -0.144. The quantitative estimate of drug-likeness (QED) is 0.623. The van der Waals surface area contributed by atoms with Gasteiger partial charge in [0.05, 0.1) is 17.8 Å². The van der Waals surface area contributed by atoms with E-state index in [1.54, 1.807) is 12.1 Å². The number of Topliss-reactive ketones (excluding diaryl/α,β-unsaturated/α-hetero) is 1. The molecule has 0 radical (unpaired) electrons. The fraction of sp³-hybridized carbons (Fsp3) is 0.318. The van der Waals surface area contributed by atoms with Crippen molar-refractivity contribution in [3.8, 4) is 5.75 Å². The van der Waals surface area contributed by atoms with Crippen LogP contribution in [0.2, 0.25) is 0 Å². The molecule has 3 unspecified atom stereocenters. The van der Waals surface area contributed by atoms with Gasteiger partial charge in [0.1, 0.15) is 11.3 Å². The van der Waals surface area contributed by atoms with Crippen molar-refractivity contribution in [1.82, 2.24) is 15.0 Å². The molecule has 1 aliphatic rings. The molecule has 8 nitrogen and oxygen atoms in total. The van der Waals surface area contributed by atoms with E-state index in [-0.39, 0.29) is 23.6 Å². The second-order valence-electron chi connectivity index (χ2n) is 7.82. The lowest BCUT2D eigenvalue weighted by atomic mass is 9.84. The highest BCUT2D eigenvalue weighted by Crippen LogP contribution is 2.40. The molecule has 154 valence electrons. The number of hydrogen-bond acceptors (Lipinski definition) is 6. The number of nitrogens with zero attached hydrogens (tertiary/aromatic N) is 3. The number of carbonyl (C=O) groups is 2. The van der Waals surface area contributed by atoms with Gasteiger partial charge in [0.25, 0.3) is 5.56 Å². The summed E-state index contributed by atoms with van der Waals surface area (Å²) in [6.07, 6.45) is 0.904. The molecule has 1 aliphatic carbocycles. The average Bonchev–Trinajstić information content (AvgIpc) is 3.14. The fourth-order valence-electron chi connectivity index (χ4n) is 4.33. The van der Waals surface area contributed by atoms with Gasteiger partial charge in [-0.3, -0.25) is 14.4 Å². The Bertz CT molecular complexity index is 1190. The Labute approximate surface area is 171 Å². The van der Waals surface area contributed by atoms with Crippen molar-refractivity contribution in [2.75, 3.05) is 0 Å². The Morgan fingerprint density at radius 2 is 1.87 bits per heavy atom. The van der Waals surface area contributed by atoms with E-state index < -0.39 is 23.7 Å². The Hall–Kier alpha value is -3.55. The first-order valence-corrected chi connectivity index (χ1v) is 9.75. The molecular formula is C22H21N3O5. The molecule has 8 heteroatoms. The summed E-state index contributed by atoms with van der Waals surface area (Å²) in [5.41, 5.74) is 1.45. The molecule has 0 aliphatic heterocycles. The molecule has 3 atom stereocenters. The smallest absolute Gasteiger partial charge is 0.307 e. The van der Waals surface area contributed by atoms with Crippen LogP contribution in [0.5, 0.6) is 5.75 Å². The zero-order valence-electron chi connectivity index (χ0n) is 16.4. The number of carboxylic acid groups (broad SMARTS) is 1. The van der Waals surface area contributed by atoms with E-state index >= 15 is 0 Å². The fourth-order valence-corrected chi connectivity index (χ4v) is 4.33. The molecule has 0 amide bonds. The van der Waals surface area contributed by atoms with Gasteiger partial charge >= 0.3 is 5.97 Å². The van der Waals surface area contributed by atoms with Crippen molar-refractivity contribution in [3.63, 3.8) is 0 Å². The molecule has 30 heavy (non-hydrogen) atoms. The topological polar surface area (TPSA) is 122 Å². The highest BCUT2D eigenvalue weighted by atomic mass is 16.4. The number of aromatic nitrogens is 3. The number of aliphatic carboxylic acids is 1. The number of phenols is 1. The van der Waals surface area contributed by atoms with Crippen LogP contribution < -0.4 is 5.56 Å². The first-order chi connectivity index (χ1) is 14.3. The summed E-state index contributed by atoms with van der Waals surface area (Å²) in [5, 5.41) is 27.7. The third-order valence-corrected chi connectivity index (χ3v) is 5.85. The summed E-state index contributed by atoms with van der Waals surface area (Å²) >= 11 is 0. The maximum absolute atomic E-state index is 12.9. The molecule has 1 heterocycles. The van der Waals surface area contributed by atoms with Crippen molar-refractivity contribution in [3.05, 3.63) is 63.9 Å². The van der Waals surface area contributed by atoms with Gasteiger partial charge in [0.2, 0.25) is 0 Å². The van der Waals surface area contributed by atoms with Gasteiger partial charge in [-0.25, -0.2) is 4.68 Å². The van der Waals surface area contributed by atoms with E-state index in [0.717, 1.165) is 5.56 Å². The number of hydrogen-bond donors (Lipinski definition) is 2. The van der Waals surface area contributed by atoms with Gasteiger partial charge in [0, 0.05) is 11.5 Å². The Kier molecular flexibility index (Phi) is 5.07. The van der Waals surface area contributed by atoms with Crippen LogP contribution in [0.1, 0.15) is 28.8 Å². The van der Waals surface area contributed by atoms with E-state index in [4.69, 9.17) is 0 Å². The minimum atomic E-state index is -1.06. The summed E-state index contributed by atoms with van der Waals surface area (Å²) < 4.78 is 1.20. The number of rotatable bonds is 5. The maximum atomic E-state index is 12.9. The molecule has 1 fully saturated rings. The minimum Gasteiger partial charge on any atom is -0.508 e. The number of fused-ring (bicyclic) bond motifs is 1. The Balaban J connectivity index is 1.62. The Morgan fingerprint density at radius 1 is 1.13 bits per heavy atom. The number of ketones is 1. The van der Waals surface area contributed by atoms with Gasteiger partial charge in [-0.2, -0.15) is 0 Å². The normalized spacial score (nSPS) is 21.0. The second-order valence-corrected chi connectivity index (χ2v) is 7.82. The van der Waals surface area contributed by atoms with Crippen LogP contribution in [0.15, 0.2) is 47.3 Å². The third kappa shape index (κ3) is 3.56. The lowest BCUT2D eigenvalue weighted by Crippen LogP contribution is -2.34. The summed E-state index contributed by atoms with van der Waals surface area (Å²) in [7, 11) is 0. The van der Waals surface area contributed by atoms with Crippen molar-refractivity contribution in [1.29, 1.82) is 0 Å². The van der Waals surface area contributed by atoms with Crippen LogP contribution in [0.4, 0.5) is 0 Å². The first-order valence-electron chi connectivity index (χ1n) is 9.75. The van der Waals surface area contributed by atoms with E-state index in [2.05, 4.69) is 10.3 Å². The molecular weight excluding hydrogens is 386 g/mol. The third-order valence-electron chi connectivity index (χ3n) is 5.85. The summed E-state index contributed by atoms with van der Waals surface area (Å²) in [6, 6.07) is 11.1. The predicted molar refractivity (Wildman–Crippen MR) is 108 cm³/mol. The van der Waals surface area contributed by atoms with E-state index in [0.29, 0.717) is 29.3 Å². The number of carboxylic acids is 1. The van der Waals surface area contributed by atoms with Gasteiger partial charge in [-0.15, -0.1) is 5.10 Å². The standard InChI is InChI=1S/C22H21N3O5/c1-12-2-9-18-17(10-12)21(28)25(24-23-18)11-14-5-8-16(19(14)22(29)30)20(27)13-3-6-15(26)7-4-13/h2-4,6-7,9-10,14,16,19,26H,5,8,11H2,1H3,(H,29,30). The average molecular weight is 407 g/mol. The van der Waals surface area contributed by atoms with E-state index in [9.17, 15) is 24.6 Å². The summed E-state index contributed by atoms with van der Waals surface area (Å²) in [6.45, 7) is 1.96. The number of carbonyl (C=O) groups excluding carboxylic acids is 1. The molecule has 4 rings (SSSR count). The lowest BCUT2D eigenvalue weighted by Gasteiger charge is -2.20. The minimum absolute atomic E-state index is 0.0372. The molecule has 1 aromatic heterocycles. The molecule has 3 aromatic rings. The van der Waals surface area contributed by atoms with Crippen molar-refractivity contribution in [2.24, 2.45) is 17.8 Å². The van der Waals surface area contributed by atoms with E-state index in [1.807, 2.05) is 13.0 Å². The van der Waals surface area contributed by atoms with Crippen LogP contribution in [-0.4, -0.2) is 37.0 Å². The van der Waals surface area contributed by atoms with Gasteiger partial charge in [0.15, 0.2) is 5.78 Å². The van der Waals surface area contributed by atoms with Crippen LogP contribution in [0.3, 0.4) is 0 Å². The highest BCUT2D eigenvalue weighted by Gasteiger charge is 2.45. The zero-order chi connectivity index (χ0) is 21.4. The summed E-state index contributed by atoms with van der Waals surface area (Å²) in [5.74, 6) is -3.32. The molecule has 0 bridgehead atoms. The SMILES string of the molecule is Cc1ccc2nnn(CC3CCC(C(=O)c4ccc(O)cc4)C3C(=O)O)c(=O)c2c1. The van der Waals surface area contributed by atoms with Crippen LogP contribution in [0, 0.1) is 24.7 Å². The molecule has 0 saturated heterocycles. The monoisotopic (exact) mass is 407 g/mol. The first kappa shape index (κ1) is 19.8. The molecule has 0 spiro atoms. The van der Waals surface area contributed by atoms with Crippen molar-refractivity contribution < 1.29 is 19.8 Å². The second kappa shape index (κ2) is 7.70. The number of phenolic OH excluding ortho intramolecular Hbond substituents is 1. The number of aromatic hydroxyl groups is 1. The maximum Gasteiger partial charge on any atom is 0.307 e. The van der Waals surface area contributed by atoms with E-state index in [1.165, 1.54) is 28.9 Å². The Morgan fingerprint density at radius 3 is 2.57 bits per heavy atom. The van der Waals surface area contributed by atoms with Crippen LogP contribution in [0.25, 0.3) is 10.9 Å². The predicted octanol–water partition coefficient (Wildman–Crippen LogP) is 2.42. The van der Waals surface area contributed by atoms with Crippen molar-refractivity contribution >= 4 is 22.7 Å². The van der Waals surface area contributed by atoms with Gasteiger partial charge < -0.3 is 10.2 Å². The molecule has 1 saturated carbocycles. The van der Waals surface area contributed by atoms with Crippen LogP contribution >= 0.6 is 0 Å². The van der Waals surface area contributed by atoms with Gasteiger partial charge in [-0.05, 0) is 62.1 Å². The highest BCUT2D eigenvalue weighted by molar-refractivity contribution is 6.00. The number of aryl methyl sites for hydroxylation is 1. The van der Waals surface area contributed by atoms with Gasteiger partial charge in [-0.1, -0.05) is 16.8 Å². The van der Waals surface area contributed by atoms with Crippen molar-refractivity contribution in [2.45, 2.75) is 26.3 Å². The van der Waals surface area contributed by atoms with Crippen LogP contribution in [-0.2, 0) is 11.3 Å². The largest absolute Gasteiger partial charge is 0.508 e. The molecule has 2 N–H and O–H groups in total. The molecule has 2 aromatic carbocycles.